The van der Waals surface area contributed by atoms with Crippen LogP contribution < -0.4 is 20.1 Å². The molecule has 146 valence electrons. The Balaban J connectivity index is 1.40. The van der Waals surface area contributed by atoms with E-state index in [1.54, 1.807) is 0 Å². The lowest BCUT2D eigenvalue weighted by molar-refractivity contribution is 0.171. The summed E-state index contributed by atoms with van der Waals surface area (Å²) in [5.74, 6) is 1.50. The van der Waals surface area contributed by atoms with Crippen molar-refractivity contribution in [1.29, 1.82) is 0 Å². The molecule has 0 saturated heterocycles. The van der Waals surface area contributed by atoms with Gasteiger partial charge in [-0.05, 0) is 55.5 Å². The van der Waals surface area contributed by atoms with Crippen molar-refractivity contribution in [2.45, 2.75) is 13.5 Å². The second-order valence-corrected chi connectivity index (χ2v) is 7.34. The van der Waals surface area contributed by atoms with Gasteiger partial charge in [0.15, 0.2) is 16.6 Å². The predicted octanol–water partition coefficient (Wildman–Crippen LogP) is 5.39. The topological polar surface area (TPSA) is 47.5 Å². The van der Waals surface area contributed by atoms with E-state index in [1.807, 2.05) is 18.2 Å². The second-order valence-electron chi connectivity index (χ2n) is 6.93. The van der Waals surface area contributed by atoms with E-state index in [2.05, 4.69) is 64.6 Å². The van der Waals surface area contributed by atoms with Gasteiger partial charge in [-0.25, -0.2) is 0 Å². The van der Waals surface area contributed by atoms with Crippen molar-refractivity contribution in [3.05, 3.63) is 60.7 Å². The normalized spacial score (nSPS) is 12.9. The van der Waals surface area contributed by atoms with Gasteiger partial charge in [0.05, 0.1) is 0 Å². The molecule has 5 rings (SSSR count). The first-order chi connectivity index (χ1) is 14.2. The zero-order valence-electron chi connectivity index (χ0n) is 16.1. The largest absolute Gasteiger partial charge is 0.486 e. The number of hydrogen-bond donors (Lipinski definition) is 2. The van der Waals surface area contributed by atoms with E-state index in [0.717, 1.165) is 29.4 Å². The molecule has 2 N–H and O–H groups in total. The fourth-order valence-corrected chi connectivity index (χ4v) is 4.12. The van der Waals surface area contributed by atoms with Crippen LogP contribution in [0.15, 0.2) is 60.7 Å². The highest BCUT2D eigenvalue weighted by molar-refractivity contribution is 7.80. The fraction of sp³-hybridized carbons (Fsp3) is 0.174. The van der Waals surface area contributed by atoms with Crippen LogP contribution in [0.1, 0.15) is 6.92 Å². The Morgan fingerprint density at radius 2 is 1.55 bits per heavy atom. The van der Waals surface area contributed by atoms with Gasteiger partial charge < -0.3 is 24.7 Å². The summed E-state index contributed by atoms with van der Waals surface area (Å²) in [6.07, 6.45) is 0. The van der Waals surface area contributed by atoms with Crippen LogP contribution in [0.5, 0.6) is 11.5 Å². The predicted molar refractivity (Wildman–Crippen MR) is 122 cm³/mol. The number of para-hydroxylation sites is 1. The fourth-order valence-electron chi connectivity index (χ4n) is 3.89. The standard InChI is InChI=1S/C23H21N3O2S/c1-2-26-19-6-4-3-5-17(19)18-13-15(7-9-20(18)26)24-23(29)25-16-8-10-21-22(14-16)28-12-11-27-21/h3-10,13-14H,2,11-12H2,1H3,(H2,24,25,29). The molecule has 2 heterocycles. The quantitative estimate of drug-likeness (QED) is 0.449. The number of hydrogen-bond acceptors (Lipinski definition) is 3. The lowest BCUT2D eigenvalue weighted by Gasteiger charge is -2.19. The number of fused-ring (bicyclic) bond motifs is 4. The van der Waals surface area contributed by atoms with E-state index in [0.29, 0.717) is 18.3 Å². The summed E-state index contributed by atoms with van der Waals surface area (Å²) in [6.45, 7) is 4.24. The molecule has 29 heavy (non-hydrogen) atoms. The molecular formula is C23H21N3O2S. The summed E-state index contributed by atoms with van der Waals surface area (Å²) in [6, 6.07) is 20.6. The van der Waals surface area contributed by atoms with E-state index in [9.17, 15) is 0 Å². The monoisotopic (exact) mass is 403 g/mol. The Labute approximate surface area is 174 Å². The van der Waals surface area contributed by atoms with Crippen molar-refractivity contribution in [1.82, 2.24) is 4.57 Å². The van der Waals surface area contributed by atoms with E-state index in [1.165, 1.54) is 21.8 Å². The van der Waals surface area contributed by atoms with Gasteiger partial charge in [0, 0.05) is 45.8 Å². The maximum Gasteiger partial charge on any atom is 0.175 e. The van der Waals surface area contributed by atoms with E-state index < -0.39 is 0 Å². The maximum absolute atomic E-state index is 5.63. The van der Waals surface area contributed by atoms with Crippen LogP contribution in [0, 0.1) is 0 Å². The minimum absolute atomic E-state index is 0.528. The summed E-state index contributed by atoms with van der Waals surface area (Å²) >= 11 is 5.52. The average molecular weight is 404 g/mol. The van der Waals surface area contributed by atoms with Gasteiger partial charge in [-0.15, -0.1) is 0 Å². The van der Waals surface area contributed by atoms with Crippen molar-refractivity contribution in [3.8, 4) is 11.5 Å². The number of thiocarbonyl (C=S) groups is 1. The van der Waals surface area contributed by atoms with Gasteiger partial charge in [0.1, 0.15) is 13.2 Å². The number of benzene rings is 3. The first-order valence-electron chi connectivity index (χ1n) is 9.71. The summed E-state index contributed by atoms with van der Waals surface area (Å²) < 4.78 is 13.5. The van der Waals surface area contributed by atoms with Gasteiger partial charge in [-0.1, -0.05) is 18.2 Å². The van der Waals surface area contributed by atoms with Crippen molar-refractivity contribution in [2.75, 3.05) is 23.8 Å². The highest BCUT2D eigenvalue weighted by atomic mass is 32.1. The lowest BCUT2D eigenvalue weighted by atomic mass is 10.1. The molecule has 0 saturated carbocycles. The molecule has 5 nitrogen and oxygen atoms in total. The van der Waals surface area contributed by atoms with Crippen molar-refractivity contribution < 1.29 is 9.47 Å². The number of anilines is 2. The smallest absolute Gasteiger partial charge is 0.175 e. The summed E-state index contributed by atoms with van der Waals surface area (Å²) in [5, 5.41) is 9.51. The SMILES string of the molecule is CCn1c2ccccc2c2cc(NC(=S)Nc3ccc4c(c3)OCCO4)ccc21. The Hall–Kier alpha value is -3.25. The van der Waals surface area contributed by atoms with Gasteiger partial charge in [-0.2, -0.15) is 0 Å². The third kappa shape index (κ3) is 3.25. The number of aromatic nitrogens is 1. The van der Waals surface area contributed by atoms with Crippen molar-refractivity contribution in [3.63, 3.8) is 0 Å². The molecule has 0 spiro atoms. The highest BCUT2D eigenvalue weighted by Crippen LogP contribution is 2.33. The minimum atomic E-state index is 0.528. The van der Waals surface area contributed by atoms with Crippen LogP contribution in [-0.4, -0.2) is 22.9 Å². The molecule has 6 heteroatoms. The van der Waals surface area contributed by atoms with Gasteiger partial charge >= 0.3 is 0 Å². The van der Waals surface area contributed by atoms with Crippen LogP contribution in [0.3, 0.4) is 0 Å². The van der Waals surface area contributed by atoms with E-state index >= 15 is 0 Å². The van der Waals surface area contributed by atoms with E-state index in [4.69, 9.17) is 21.7 Å². The molecule has 1 aliphatic heterocycles. The molecule has 0 fully saturated rings. The number of rotatable bonds is 3. The van der Waals surface area contributed by atoms with Crippen LogP contribution in [0.25, 0.3) is 21.8 Å². The molecule has 0 aliphatic carbocycles. The molecule has 1 aliphatic rings. The highest BCUT2D eigenvalue weighted by Gasteiger charge is 2.13. The Bertz CT molecular complexity index is 1230. The van der Waals surface area contributed by atoms with Crippen LogP contribution >= 0.6 is 12.2 Å². The molecule has 3 aromatic carbocycles. The molecule has 0 amide bonds. The molecule has 0 unspecified atom stereocenters. The van der Waals surface area contributed by atoms with Crippen LogP contribution in [-0.2, 0) is 6.54 Å². The maximum atomic E-state index is 5.63. The number of aryl methyl sites for hydroxylation is 1. The zero-order chi connectivity index (χ0) is 19.8. The van der Waals surface area contributed by atoms with Gasteiger partial charge in [0.2, 0.25) is 0 Å². The molecule has 1 aromatic heterocycles. The van der Waals surface area contributed by atoms with Crippen LogP contribution in [0.4, 0.5) is 11.4 Å². The Morgan fingerprint density at radius 1 is 0.862 bits per heavy atom. The first-order valence-corrected chi connectivity index (χ1v) is 10.1. The third-order valence-corrected chi connectivity index (χ3v) is 5.35. The number of nitrogens with one attached hydrogen (secondary N) is 2. The summed E-state index contributed by atoms with van der Waals surface area (Å²) in [7, 11) is 0. The first kappa shape index (κ1) is 17.8. The molecule has 0 radical (unpaired) electrons. The van der Waals surface area contributed by atoms with Gasteiger partial charge in [-0.3, -0.25) is 0 Å². The Kier molecular flexibility index (Phi) is 4.48. The van der Waals surface area contributed by atoms with Gasteiger partial charge in [0.25, 0.3) is 0 Å². The molecule has 0 bridgehead atoms. The van der Waals surface area contributed by atoms with Crippen molar-refractivity contribution in [2.24, 2.45) is 0 Å². The Morgan fingerprint density at radius 3 is 2.38 bits per heavy atom. The zero-order valence-corrected chi connectivity index (χ0v) is 16.9. The molecule has 0 atom stereocenters. The number of ether oxygens (including phenoxy) is 2. The minimum Gasteiger partial charge on any atom is -0.486 e. The summed E-state index contributed by atoms with van der Waals surface area (Å²) in [5.41, 5.74) is 4.28. The van der Waals surface area contributed by atoms with E-state index in [-0.39, 0.29) is 0 Å². The second kappa shape index (κ2) is 7.29. The average Bonchev–Trinajstić information content (AvgIpc) is 3.06. The number of nitrogens with zero attached hydrogens (tertiary/aromatic N) is 1. The third-order valence-electron chi connectivity index (χ3n) is 5.15. The summed E-state index contributed by atoms with van der Waals surface area (Å²) in [4.78, 5) is 0. The molecular weight excluding hydrogens is 382 g/mol. The lowest BCUT2D eigenvalue weighted by Crippen LogP contribution is -2.20. The van der Waals surface area contributed by atoms with Crippen molar-refractivity contribution >= 4 is 50.5 Å². The molecule has 4 aromatic rings. The van der Waals surface area contributed by atoms with Crippen LogP contribution in [0.2, 0.25) is 0 Å².